The summed E-state index contributed by atoms with van der Waals surface area (Å²) in [7, 11) is 0. The average Bonchev–Trinajstić information content (AvgIpc) is 2.92. The van der Waals surface area contributed by atoms with Gasteiger partial charge in [-0.15, -0.1) is 0 Å². The predicted molar refractivity (Wildman–Crippen MR) is 203 cm³/mol. The zero-order valence-corrected chi connectivity index (χ0v) is 34.2. The van der Waals surface area contributed by atoms with Crippen molar-refractivity contribution in [3.8, 4) is 11.5 Å². The van der Waals surface area contributed by atoms with E-state index in [0.29, 0.717) is 30.8 Å². The number of aryl methyl sites for hydroxylation is 2. The fourth-order valence-electron chi connectivity index (χ4n) is 5.77. The first-order chi connectivity index (χ1) is 22.4. The summed E-state index contributed by atoms with van der Waals surface area (Å²) >= 11 is 0. The lowest BCUT2D eigenvalue weighted by atomic mass is 9.78. The molecule has 282 valence electrons. The molecule has 2 aromatic rings. The van der Waals surface area contributed by atoms with E-state index in [1.807, 2.05) is 52.0 Å². The van der Waals surface area contributed by atoms with Crippen LogP contribution in [0.15, 0.2) is 24.3 Å². The van der Waals surface area contributed by atoms with Crippen molar-refractivity contribution in [1.29, 1.82) is 0 Å². The molecule has 0 bridgehead atoms. The molecule has 0 saturated carbocycles. The van der Waals surface area contributed by atoms with Gasteiger partial charge < -0.3 is 24.4 Å². The number of carbonyl (C=O) groups is 2. The Balaban J connectivity index is 1.91. The Morgan fingerprint density at radius 3 is 1.22 bits per heavy atom. The SMILES string of the molecule is CC(C)(CCOC(=O)CCc1cc(C(C)(C)C)c(O)c(C(C)(C)C)c1)OCC(C)(C)OC(=O)CCc1cc(C(C)(C)C)c(O)c(C(C)(C)C)c1. The predicted octanol–water partition coefficient (Wildman–Crippen LogP) is 9.90. The molecular weight excluding hydrogens is 628 g/mol. The summed E-state index contributed by atoms with van der Waals surface area (Å²) < 4.78 is 17.6. The Morgan fingerprint density at radius 1 is 0.540 bits per heavy atom. The standard InChI is InChI=1S/C43H68O7/c1-38(2,3)30-23-28(24-31(36(30)46)39(4,5)6)17-19-34(44)48-22-21-42(13,14)49-27-43(15,16)50-35(45)20-18-29-25-32(40(7,8)9)37(47)33(26-29)41(10,11)12/h23-26,46-47H,17-22,27H2,1-16H3. The molecule has 0 aromatic heterocycles. The van der Waals surface area contributed by atoms with Crippen LogP contribution in [-0.4, -0.2) is 46.6 Å². The minimum Gasteiger partial charge on any atom is -0.507 e. The number of benzene rings is 2. The number of rotatable bonds is 13. The molecule has 2 rings (SSSR count). The molecule has 0 saturated heterocycles. The number of carbonyl (C=O) groups excluding carboxylic acids is 2. The maximum absolute atomic E-state index is 13.0. The monoisotopic (exact) mass is 696 g/mol. The zero-order chi connectivity index (χ0) is 38.7. The van der Waals surface area contributed by atoms with Crippen molar-refractivity contribution in [2.45, 2.75) is 176 Å². The summed E-state index contributed by atoms with van der Waals surface area (Å²) in [6, 6.07) is 8.01. The largest absolute Gasteiger partial charge is 0.507 e. The molecule has 7 nitrogen and oxygen atoms in total. The maximum Gasteiger partial charge on any atom is 0.306 e. The molecule has 2 aromatic carbocycles. The average molecular weight is 697 g/mol. The summed E-state index contributed by atoms with van der Waals surface area (Å²) in [6.45, 7) is 32.8. The summed E-state index contributed by atoms with van der Waals surface area (Å²) in [5, 5.41) is 22.0. The number of hydrogen-bond acceptors (Lipinski definition) is 7. The van der Waals surface area contributed by atoms with E-state index in [9.17, 15) is 19.8 Å². The van der Waals surface area contributed by atoms with Gasteiger partial charge in [0.15, 0.2) is 0 Å². The number of ether oxygens (including phenoxy) is 3. The third-order valence-corrected chi connectivity index (χ3v) is 8.97. The molecule has 0 aliphatic rings. The molecule has 2 N–H and O–H groups in total. The molecule has 0 aliphatic carbocycles. The Bertz CT molecular complexity index is 1420. The second kappa shape index (κ2) is 15.7. The molecule has 0 radical (unpaired) electrons. The molecule has 0 aliphatic heterocycles. The molecule has 0 unspecified atom stereocenters. The van der Waals surface area contributed by atoms with Crippen LogP contribution in [0.2, 0.25) is 0 Å². The highest BCUT2D eigenvalue weighted by molar-refractivity contribution is 5.70. The third-order valence-electron chi connectivity index (χ3n) is 8.97. The lowest BCUT2D eigenvalue weighted by Gasteiger charge is -2.32. The molecule has 0 amide bonds. The van der Waals surface area contributed by atoms with Crippen LogP contribution in [-0.2, 0) is 58.3 Å². The van der Waals surface area contributed by atoms with Gasteiger partial charge in [-0.1, -0.05) is 107 Å². The Morgan fingerprint density at radius 2 is 0.880 bits per heavy atom. The van der Waals surface area contributed by atoms with E-state index in [4.69, 9.17) is 14.2 Å². The first-order valence-corrected chi connectivity index (χ1v) is 18.2. The second-order valence-corrected chi connectivity index (χ2v) is 19.3. The van der Waals surface area contributed by atoms with Crippen molar-refractivity contribution in [3.05, 3.63) is 57.6 Å². The van der Waals surface area contributed by atoms with E-state index in [0.717, 1.165) is 33.4 Å². The highest BCUT2D eigenvalue weighted by Crippen LogP contribution is 2.41. The van der Waals surface area contributed by atoms with Gasteiger partial charge >= 0.3 is 11.9 Å². The van der Waals surface area contributed by atoms with Crippen molar-refractivity contribution in [3.63, 3.8) is 0 Å². The van der Waals surface area contributed by atoms with Crippen LogP contribution in [0.5, 0.6) is 11.5 Å². The van der Waals surface area contributed by atoms with E-state index < -0.39 is 11.2 Å². The van der Waals surface area contributed by atoms with E-state index in [2.05, 4.69) is 83.1 Å². The summed E-state index contributed by atoms with van der Waals surface area (Å²) in [5.74, 6) is 0.0574. The van der Waals surface area contributed by atoms with Crippen LogP contribution < -0.4 is 0 Å². The van der Waals surface area contributed by atoms with Crippen molar-refractivity contribution in [2.24, 2.45) is 0 Å². The third kappa shape index (κ3) is 12.9. The number of hydrogen-bond donors (Lipinski definition) is 2. The zero-order valence-electron chi connectivity index (χ0n) is 34.2. The molecule has 7 heteroatoms. The molecule has 0 heterocycles. The highest BCUT2D eigenvalue weighted by Gasteiger charge is 2.30. The van der Waals surface area contributed by atoms with Crippen LogP contribution in [0.4, 0.5) is 0 Å². The summed E-state index contributed by atoms with van der Waals surface area (Å²) in [5.41, 5.74) is 3.07. The van der Waals surface area contributed by atoms with Gasteiger partial charge in [0.1, 0.15) is 17.1 Å². The number of aromatic hydroxyl groups is 2. The number of phenols is 2. The fraction of sp³-hybridized carbons (Fsp3) is 0.674. The van der Waals surface area contributed by atoms with Crippen molar-refractivity contribution < 1.29 is 34.0 Å². The molecule has 0 atom stereocenters. The number of esters is 2. The lowest BCUT2D eigenvalue weighted by Crippen LogP contribution is -2.38. The van der Waals surface area contributed by atoms with Crippen molar-refractivity contribution >= 4 is 11.9 Å². The van der Waals surface area contributed by atoms with Crippen LogP contribution in [0, 0.1) is 0 Å². The van der Waals surface area contributed by atoms with Crippen molar-refractivity contribution in [1.82, 2.24) is 0 Å². The van der Waals surface area contributed by atoms with Gasteiger partial charge in [-0.05, 0) is 95.6 Å². The summed E-state index contributed by atoms with van der Waals surface area (Å²) in [4.78, 5) is 25.7. The van der Waals surface area contributed by atoms with Crippen LogP contribution in [0.25, 0.3) is 0 Å². The first kappa shape index (κ1) is 43.1. The van der Waals surface area contributed by atoms with Crippen LogP contribution in [0.1, 0.15) is 163 Å². The first-order valence-electron chi connectivity index (χ1n) is 18.2. The molecule has 0 spiro atoms. The lowest BCUT2D eigenvalue weighted by molar-refractivity contribution is -0.170. The minimum absolute atomic E-state index is 0.189. The van der Waals surface area contributed by atoms with E-state index >= 15 is 0 Å². The maximum atomic E-state index is 13.0. The van der Waals surface area contributed by atoms with Gasteiger partial charge in [0.2, 0.25) is 0 Å². The fourth-order valence-corrected chi connectivity index (χ4v) is 5.77. The topological polar surface area (TPSA) is 102 Å². The van der Waals surface area contributed by atoms with Crippen LogP contribution >= 0.6 is 0 Å². The highest BCUT2D eigenvalue weighted by atomic mass is 16.6. The van der Waals surface area contributed by atoms with Gasteiger partial charge in [0.05, 0.1) is 18.8 Å². The summed E-state index contributed by atoms with van der Waals surface area (Å²) in [6.07, 6.45) is 1.95. The molecule has 0 fully saturated rings. The molecular formula is C43H68O7. The van der Waals surface area contributed by atoms with E-state index in [-0.39, 0.29) is 59.7 Å². The number of phenolic OH excluding ortho intramolecular Hbond substituents is 2. The van der Waals surface area contributed by atoms with Gasteiger partial charge in [-0.25, -0.2) is 0 Å². The van der Waals surface area contributed by atoms with E-state index in [1.165, 1.54) is 0 Å². The minimum atomic E-state index is -0.852. The Hall–Kier alpha value is -3.06. The normalized spacial score (nSPS) is 13.4. The molecule has 50 heavy (non-hydrogen) atoms. The Labute approximate surface area is 303 Å². The van der Waals surface area contributed by atoms with Gasteiger partial charge in [0.25, 0.3) is 0 Å². The quantitative estimate of drug-likeness (QED) is 0.201. The van der Waals surface area contributed by atoms with Gasteiger partial charge in [-0.3, -0.25) is 9.59 Å². The van der Waals surface area contributed by atoms with E-state index in [1.54, 1.807) is 0 Å². The van der Waals surface area contributed by atoms with Gasteiger partial charge in [-0.2, -0.15) is 0 Å². The second-order valence-electron chi connectivity index (χ2n) is 19.3. The van der Waals surface area contributed by atoms with Gasteiger partial charge in [0, 0.05) is 19.3 Å². The smallest absolute Gasteiger partial charge is 0.306 e. The van der Waals surface area contributed by atoms with Crippen LogP contribution in [0.3, 0.4) is 0 Å². The Kier molecular flexibility index (Phi) is 13.5. The van der Waals surface area contributed by atoms with Crippen molar-refractivity contribution in [2.75, 3.05) is 13.2 Å².